The van der Waals surface area contributed by atoms with Crippen molar-refractivity contribution in [3.05, 3.63) is 96.6 Å². The maximum absolute atomic E-state index is 6.07. The number of para-hydroxylation sites is 2. The van der Waals surface area contributed by atoms with E-state index in [4.69, 9.17) is 5.73 Å². The minimum absolute atomic E-state index is 0.798. The van der Waals surface area contributed by atoms with Gasteiger partial charge in [0, 0.05) is 22.1 Å². The lowest BCUT2D eigenvalue weighted by Gasteiger charge is -2.11. The Balaban J connectivity index is 1.78. The van der Waals surface area contributed by atoms with Gasteiger partial charge in [-0.25, -0.2) is 0 Å². The number of hydrogen-bond donors (Lipinski definition) is 1. The predicted octanol–water partition coefficient (Wildman–Crippen LogP) is 6.34. The number of fused-ring (bicyclic) bond motifs is 3. The van der Waals surface area contributed by atoms with E-state index in [1.54, 1.807) is 0 Å². The highest BCUT2D eigenvalue weighted by Crippen LogP contribution is 2.33. The van der Waals surface area contributed by atoms with Crippen LogP contribution >= 0.6 is 0 Å². The van der Waals surface area contributed by atoms with E-state index < -0.39 is 0 Å². The normalized spacial score (nSPS) is 11.3. The van der Waals surface area contributed by atoms with E-state index in [0.717, 1.165) is 16.9 Å². The summed E-state index contributed by atoms with van der Waals surface area (Å²) in [5.74, 6) is 0. The van der Waals surface area contributed by atoms with Gasteiger partial charge in [0.15, 0.2) is 0 Å². The van der Waals surface area contributed by atoms with Gasteiger partial charge in [-0.3, -0.25) is 0 Å². The van der Waals surface area contributed by atoms with Crippen molar-refractivity contribution in [3.63, 3.8) is 0 Å². The van der Waals surface area contributed by atoms with Crippen LogP contribution in [0.15, 0.2) is 91.0 Å². The number of anilines is 1. The molecule has 4 aromatic carbocycles. The highest BCUT2D eigenvalue weighted by molar-refractivity contribution is 6.09. The largest absolute Gasteiger partial charge is 0.399 e. The molecular weight excluding hydrogens is 328 g/mol. The fourth-order valence-corrected chi connectivity index (χ4v) is 4.00. The first kappa shape index (κ1) is 15.7. The Morgan fingerprint density at radius 1 is 0.630 bits per heavy atom. The Hall–Kier alpha value is -3.52. The molecule has 27 heavy (non-hydrogen) atoms. The van der Waals surface area contributed by atoms with Crippen LogP contribution < -0.4 is 5.73 Å². The smallest absolute Gasteiger partial charge is 0.0541 e. The number of benzene rings is 4. The molecule has 0 atom stereocenters. The van der Waals surface area contributed by atoms with Crippen molar-refractivity contribution in [2.24, 2.45) is 0 Å². The van der Waals surface area contributed by atoms with Gasteiger partial charge in [-0.1, -0.05) is 54.6 Å². The number of aromatic nitrogens is 1. The molecule has 0 fully saturated rings. The molecule has 2 heteroatoms. The molecule has 5 rings (SSSR count). The van der Waals surface area contributed by atoms with Crippen molar-refractivity contribution >= 4 is 27.5 Å². The van der Waals surface area contributed by atoms with Crippen LogP contribution in [-0.2, 0) is 0 Å². The first-order chi connectivity index (χ1) is 13.2. The average molecular weight is 348 g/mol. The molecule has 5 aromatic rings. The summed E-state index contributed by atoms with van der Waals surface area (Å²) in [5, 5.41) is 2.55. The van der Waals surface area contributed by atoms with E-state index in [1.807, 2.05) is 12.1 Å². The van der Waals surface area contributed by atoms with Gasteiger partial charge >= 0.3 is 0 Å². The van der Waals surface area contributed by atoms with Crippen LogP contribution in [0.3, 0.4) is 0 Å². The van der Waals surface area contributed by atoms with Crippen LogP contribution in [0.1, 0.15) is 5.56 Å². The van der Waals surface area contributed by atoms with Gasteiger partial charge in [0.05, 0.1) is 11.0 Å². The first-order valence-corrected chi connectivity index (χ1v) is 9.17. The van der Waals surface area contributed by atoms with Gasteiger partial charge in [-0.2, -0.15) is 0 Å². The van der Waals surface area contributed by atoms with Crippen LogP contribution in [0.25, 0.3) is 38.6 Å². The summed E-state index contributed by atoms with van der Waals surface area (Å²) >= 11 is 0. The molecule has 0 spiro atoms. The summed E-state index contributed by atoms with van der Waals surface area (Å²) in [4.78, 5) is 0. The van der Waals surface area contributed by atoms with E-state index in [0.29, 0.717) is 0 Å². The standard InChI is InChI=1S/C25H20N2/c1-17-13-19(15-20(26)14-17)18-7-6-8-21(16-18)27-24-11-4-2-9-22(24)23-10-3-5-12-25(23)27/h2-16H,26H2,1H3. The summed E-state index contributed by atoms with van der Waals surface area (Å²) in [6.07, 6.45) is 0. The zero-order chi connectivity index (χ0) is 18.4. The number of nitrogen functional groups attached to an aromatic ring is 1. The second-order valence-electron chi connectivity index (χ2n) is 7.05. The van der Waals surface area contributed by atoms with Gasteiger partial charge in [0.2, 0.25) is 0 Å². The summed E-state index contributed by atoms with van der Waals surface area (Å²) in [6, 6.07) is 32.1. The minimum Gasteiger partial charge on any atom is -0.399 e. The van der Waals surface area contributed by atoms with Crippen molar-refractivity contribution in [2.75, 3.05) is 5.73 Å². The average Bonchev–Trinajstić information content (AvgIpc) is 3.02. The third kappa shape index (κ3) is 2.58. The molecule has 2 nitrogen and oxygen atoms in total. The summed E-state index contributed by atoms with van der Waals surface area (Å²) in [6.45, 7) is 2.08. The van der Waals surface area contributed by atoms with E-state index in [1.165, 1.54) is 32.9 Å². The molecule has 0 unspecified atom stereocenters. The molecule has 1 aromatic heterocycles. The van der Waals surface area contributed by atoms with Crippen molar-refractivity contribution in [1.29, 1.82) is 0 Å². The molecule has 0 amide bonds. The lowest BCUT2D eigenvalue weighted by Crippen LogP contribution is -1.94. The van der Waals surface area contributed by atoms with Gasteiger partial charge < -0.3 is 10.3 Å². The zero-order valence-electron chi connectivity index (χ0n) is 15.2. The molecule has 0 aliphatic rings. The van der Waals surface area contributed by atoms with E-state index in [-0.39, 0.29) is 0 Å². The number of aryl methyl sites for hydroxylation is 1. The van der Waals surface area contributed by atoms with Crippen LogP contribution in [-0.4, -0.2) is 4.57 Å². The van der Waals surface area contributed by atoms with Crippen molar-refractivity contribution in [2.45, 2.75) is 6.92 Å². The monoisotopic (exact) mass is 348 g/mol. The lowest BCUT2D eigenvalue weighted by atomic mass is 10.0. The van der Waals surface area contributed by atoms with Crippen LogP contribution in [0.4, 0.5) is 5.69 Å². The third-order valence-corrected chi connectivity index (χ3v) is 5.12. The SMILES string of the molecule is Cc1cc(N)cc(-c2cccc(-n3c4ccccc4c4ccccc43)c2)c1. The van der Waals surface area contributed by atoms with Crippen LogP contribution in [0, 0.1) is 6.92 Å². The Labute approximate surface area is 158 Å². The minimum atomic E-state index is 0.798. The molecule has 0 bridgehead atoms. The molecule has 0 aliphatic heterocycles. The zero-order valence-corrected chi connectivity index (χ0v) is 15.2. The number of nitrogens with two attached hydrogens (primary N) is 1. The van der Waals surface area contributed by atoms with Gasteiger partial charge in [-0.05, 0) is 60.0 Å². The molecule has 0 saturated carbocycles. The molecule has 0 aliphatic carbocycles. The maximum Gasteiger partial charge on any atom is 0.0541 e. The van der Waals surface area contributed by atoms with Gasteiger partial charge in [-0.15, -0.1) is 0 Å². The van der Waals surface area contributed by atoms with Gasteiger partial charge in [0.1, 0.15) is 0 Å². The maximum atomic E-state index is 6.07. The number of rotatable bonds is 2. The van der Waals surface area contributed by atoms with Crippen molar-refractivity contribution in [3.8, 4) is 16.8 Å². The quantitative estimate of drug-likeness (QED) is 0.371. The number of hydrogen-bond acceptors (Lipinski definition) is 1. The predicted molar refractivity (Wildman–Crippen MR) is 115 cm³/mol. The highest BCUT2D eigenvalue weighted by atomic mass is 15.0. The fraction of sp³-hybridized carbons (Fsp3) is 0.0400. The Morgan fingerprint density at radius 2 is 1.30 bits per heavy atom. The summed E-state index contributed by atoms with van der Waals surface area (Å²) in [7, 11) is 0. The lowest BCUT2D eigenvalue weighted by molar-refractivity contribution is 1.18. The molecule has 1 heterocycles. The summed E-state index contributed by atoms with van der Waals surface area (Å²) < 4.78 is 2.34. The molecule has 130 valence electrons. The Morgan fingerprint density at radius 3 is 1.96 bits per heavy atom. The molecule has 2 N–H and O–H groups in total. The van der Waals surface area contributed by atoms with Crippen LogP contribution in [0.2, 0.25) is 0 Å². The third-order valence-electron chi connectivity index (χ3n) is 5.12. The van der Waals surface area contributed by atoms with Gasteiger partial charge in [0.25, 0.3) is 0 Å². The highest BCUT2D eigenvalue weighted by Gasteiger charge is 2.12. The van der Waals surface area contributed by atoms with Crippen molar-refractivity contribution in [1.82, 2.24) is 4.57 Å². The van der Waals surface area contributed by atoms with E-state index in [2.05, 4.69) is 90.4 Å². The Bertz CT molecular complexity index is 1220. The van der Waals surface area contributed by atoms with E-state index >= 15 is 0 Å². The second kappa shape index (κ2) is 6.03. The second-order valence-corrected chi connectivity index (χ2v) is 7.05. The topological polar surface area (TPSA) is 30.9 Å². The first-order valence-electron chi connectivity index (χ1n) is 9.17. The molecular formula is C25H20N2. The van der Waals surface area contributed by atoms with E-state index in [9.17, 15) is 0 Å². The molecule has 0 saturated heterocycles. The van der Waals surface area contributed by atoms with Crippen LogP contribution in [0.5, 0.6) is 0 Å². The summed E-state index contributed by atoms with van der Waals surface area (Å²) in [5.41, 5.74) is 14.0. The fourth-order valence-electron chi connectivity index (χ4n) is 4.00. The number of nitrogens with zero attached hydrogens (tertiary/aromatic N) is 1. The Kier molecular flexibility index (Phi) is 3.51. The molecule has 0 radical (unpaired) electrons. The van der Waals surface area contributed by atoms with Crippen molar-refractivity contribution < 1.29 is 0 Å².